The van der Waals surface area contributed by atoms with Crippen molar-refractivity contribution in [1.82, 2.24) is 0 Å². The second-order valence-electron chi connectivity index (χ2n) is 11.0. The Kier molecular flexibility index (Phi) is 16.9. The molecule has 0 bridgehead atoms. The number of hydrogen-bond acceptors (Lipinski definition) is 6. The van der Waals surface area contributed by atoms with Crippen LogP contribution in [0.15, 0.2) is 36.4 Å². The number of methoxy groups -OCH3 is 6. The molecule has 0 aliphatic heterocycles. The van der Waals surface area contributed by atoms with Crippen LogP contribution in [-0.2, 0) is 21.7 Å². The van der Waals surface area contributed by atoms with Crippen molar-refractivity contribution in [2.75, 3.05) is 42.7 Å². The van der Waals surface area contributed by atoms with E-state index in [9.17, 15) is 0 Å². The predicted octanol–water partition coefficient (Wildman–Crippen LogP) is -4.00. The SMILES string of the molecule is COc1ccc([Si](c2ccc(OC)c(C)c2OC)(c2ccc(OC)c(C)c2OC)[c-]2c(C)c(C)c(C)c2C)c(OC)c1C.[Cl-].[Cl-].[Cl-].[Ti+4]. The molecule has 0 saturated heterocycles. The van der Waals surface area contributed by atoms with Crippen LogP contribution in [0.5, 0.6) is 34.5 Å². The molecule has 0 saturated carbocycles. The van der Waals surface area contributed by atoms with Crippen molar-refractivity contribution >= 4 is 28.8 Å². The van der Waals surface area contributed by atoms with E-state index in [1.54, 1.807) is 42.7 Å². The quantitative estimate of drug-likeness (QED) is 0.0937. The van der Waals surface area contributed by atoms with Gasteiger partial charge in [-0.05, 0) is 54.5 Å². The molecule has 0 fully saturated rings. The van der Waals surface area contributed by atoms with Crippen LogP contribution in [0, 0.1) is 48.5 Å². The molecule has 0 atom stereocenters. The zero-order valence-corrected chi connectivity index (χ0v) is 34.4. The molecule has 0 radical (unpaired) electrons. The second kappa shape index (κ2) is 17.8. The summed E-state index contributed by atoms with van der Waals surface area (Å²) in [5.74, 6) is 4.65. The Labute approximate surface area is 315 Å². The molecule has 0 amide bonds. The van der Waals surface area contributed by atoms with Gasteiger partial charge in [-0.3, -0.25) is 0 Å². The number of rotatable bonds is 10. The second-order valence-corrected chi connectivity index (χ2v) is 14.7. The summed E-state index contributed by atoms with van der Waals surface area (Å²) < 4.78 is 36.3. The van der Waals surface area contributed by atoms with Crippen LogP contribution in [-0.4, -0.2) is 50.7 Å². The van der Waals surface area contributed by atoms with E-state index in [4.69, 9.17) is 28.4 Å². The monoisotopic (exact) mass is 754 g/mol. The fourth-order valence-corrected chi connectivity index (χ4v) is 13.0. The maximum Gasteiger partial charge on any atom is 4.00 e. The van der Waals surface area contributed by atoms with Gasteiger partial charge < -0.3 is 65.6 Å². The van der Waals surface area contributed by atoms with Crippen LogP contribution >= 0.6 is 0 Å². The Morgan fingerprint density at radius 3 is 0.872 bits per heavy atom. The summed E-state index contributed by atoms with van der Waals surface area (Å²) in [4.78, 5) is 0. The predicted molar refractivity (Wildman–Crippen MR) is 178 cm³/mol. The minimum atomic E-state index is -3.34. The van der Waals surface area contributed by atoms with Gasteiger partial charge in [0.2, 0.25) is 0 Å². The molecule has 0 spiro atoms. The van der Waals surface area contributed by atoms with Gasteiger partial charge >= 0.3 is 21.7 Å². The van der Waals surface area contributed by atoms with Crippen LogP contribution in [0.4, 0.5) is 0 Å². The summed E-state index contributed by atoms with van der Waals surface area (Å²) >= 11 is 0. The molecule has 0 unspecified atom stereocenters. The van der Waals surface area contributed by atoms with Crippen molar-refractivity contribution in [3.8, 4) is 34.5 Å². The van der Waals surface area contributed by atoms with Gasteiger partial charge in [-0.25, -0.2) is 0 Å². The van der Waals surface area contributed by atoms with E-state index in [2.05, 4.69) is 66.7 Å². The van der Waals surface area contributed by atoms with Gasteiger partial charge in [0.05, 0.1) is 42.7 Å². The maximum atomic E-state index is 6.33. The minimum Gasteiger partial charge on any atom is -1.00 e. The summed E-state index contributed by atoms with van der Waals surface area (Å²) in [6.07, 6.45) is 0. The average molecular weight is 756 g/mol. The Bertz CT molecular complexity index is 1510. The summed E-state index contributed by atoms with van der Waals surface area (Å²) in [6.45, 7) is 15.0. The van der Waals surface area contributed by atoms with Gasteiger partial charge in [0.1, 0.15) is 42.6 Å². The topological polar surface area (TPSA) is 55.4 Å². The molecular formula is C36H45Cl3O6SiTi. The molecule has 4 aromatic rings. The zero-order chi connectivity index (χ0) is 31.8. The number of halogens is 3. The summed E-state index contributed by atoms with van der Waals surface area (Å²) in [6, 6.07) is 12.7. The summed E-state index contributed by atoms with van der Waals surface area (Å²) in [7, 11) is 6.94. The fraction of sp³-hybridized carbons (Fsp3) is 0.361. The van der Waals surface area contributed by atoms with E-state index < -0.39 is 8.07 Å². The molecule has 4 aromatic carbocycles. The van der Waals surface area contributed by atoms with E-state index in [0.717, 1.165) is 66.7 Å². The fourth-order valence-electron chi connectivity index (χ4n) is 6.98. The molecule has 6 nitrogen and oxygen atoms in total. The number of ether oxygens (including phenoxy) is 6. The average Bonchev–Trinajstić information content (AvgIpc) is 3.20. The molecule has 11 heteroatoms. The van der Waals surface area contributed by atoms with E-state index in [1.165, 1.54) is 27.4 Å². The first-order chi connectivity index (χ1) is 20.5. The number of hydrogen-bond donors (Lipinski definition) is 0. The molecular weight excluding hydrogens is 711 g/mol. The van der Waals surface area contributed by atoms with Crippen molar-refractivity contribution in [3.63, 3.8) is 0 Å². The standard InChI is InChI=1S/C36H45O6Si.3ClH.Ti/c1-20-21(2)23(4)36(22(20)3)43(30-17-14-27(37-8)24(5)33(30)40-11,31-18-15-28(38-9)25(6)34(31)41-12)32-19-16-29(39-10)26(7)35(32)42-13;;;;/h14-19H,1-13H3;3*1H;/q-1;;;;+4/p-3. The third-order valence-electron chi connectivity index (χ3n) is 9.37. The van der Waals surface area contributed by atoms with E-state index in [1.807, 2.05) is 18.2 Å². The van der Waals surface area contributed by atoms with Crippen LogP contribution < -0.4 is 86.4 Å². The van der Waals surface area contributed by atoms with Crippen molar-refractivity contribution in [1.29, 1.82) is 0 Å². The minimum absolute atomic E-state index is 0. The Morgan fingerprint density at radius 2 is 0.660 bits per heavy atom. The van der Waals surface area contributed by atoms with Crippen molar-refractivity contribution < 1.29 is 87.4 Å². The molecule has 0 aromatic heterocycles. The van der Waals surface area contributed by atoms with Crippen LogP contribution in [0.25, 0.3) is 0 Å². The first-order valence-electron chi connectivity index (χ1n) is 14.4. The Hall–Kier alpha value is -2.39. The normalized spacial score (nSPS) is 10.4. The van der Waals surface area contributed by atoms with Crippen molar-refractivity contribution in [3.05, 3.63) is 75.3 Å². The van der Waals surface area contributed by atoms with E-state index >= 15 is 0 Å². The first-order valence-corrected chi connectivity index (χ1v) is 16.4. The van der Waals surface area contributed by atoms with Gasteiger partial charge in [0, 0.05) is 16.7 Å². The molecule has 4 rings (SSSR count). The molecule has 0 aliphatic carbocycles. The van der Waals surface area contributed by atoms with Crippen molar-refractivity contribution in [2.24, 2.45) is 0 Å². The smallest absolute Gasteiger partial charge is 1.00 e. The first kappa shape index (κ1) is 44.6. The van der Waals surface area contributed by atoms with Gasteiger partial charge in [-0.15, -0.1) is 5.19 Å². The third kappa shape index (κ3) is 6.90. The van der Waals surface area contributed by atoms with Gasteiger partial charge in [0.25, 0.3) is 0 Å². The zero-order valence-electron chi connectivity index (χ0n) is 29.5. The molecule has 0 heterocycles. The van der Waals surface area contributed by atoms with Gasteiger partial charge in [-0.1, -0.05) is 45.9 Å². The molecule has 254 valence electrons. The van der Waals surface area contributed by atoms with Crippen LogP contribution in [0.3, 0.4) is 0 Å². The van der Waals surface area contributed by atoms with Gasteiger partial charge in [0.15, 0.2) is 0 Å². The van der Waals surface area contributed by atoms with Crippen LogP contribution in [0.1, 0.15) is 38.9 Å². The Balaban J connectivity index is 0.00000529. The molecule has 0 N–H and O–H groups in total. The van der Waals surface area contributed by atoms with Crippen molar-refractivity contribution in [2.45, 2.75) is 48.5 Å². The van der Waals surface area contributed by atoms with Gasteiger partial charge in [-0.2, -0.15) is 22.3 Å². The maximum absolute atomic E-state index is 6.33. The Morgan fingerprint density at radius 1 is 0.404 bits per heavy atom. The van der Waals surface area contributed by atoms with E-state index in [0.29, 0.717) is 0 Å². The largest absolute Gasteiger partial charge is 4.00 e. The molecule has 0 aliphatic rings. The number of benzene rings is 3. The summed E-state index contributed by atoms with van der Waals surface area (Å²) in [5, 5.41) is 4.52. The summed E-state index contributed by atoms with van der Waals surface area (Å²) in [5.41, 5.74) is 7.87. The molecule has 47 heavy (non-hydrogen) atoms. The third-order valence-corrected chi connectivity index (χ3v) is 14.5. The van der Waals surface area contributed by atoms with E-state index in [-0.39, 0.29) is 58.9 Å². The van der Waals surface area contributed by atoms with Crippen LogP contribution in [0.2, 0.25) is 0 Å².